The summed E-state index contributed by atoms with van der Waals surface area (Å²) in [7, 11) is 1.74. The smallest absolute Gasteiger partial charge is 0.415 e. The van der Waals surface area contributed by atoms with Crippen molar-refractivity contribution in [2.75, 3.05) is 24.2 Å². The molecule has 0 saturated carbocycles. The first-order valence-electron chi connectivity index (χ1n) is 9.50. The third-order valence-corrected chi connectivity index (χ3v) is 5.10. The predicted molar refractivity (Wildman–Crippen MR) is 118 cm³/mol. The fraction of sp³-hybridized carbons (Fsp3) is 0.143. The average Bonchev–Trinajstić information content (AvgIpc) is 3.21. The van der Waals surface area contributed by atoms with E-state index < -0.39 is 17.7 Å². The van der Waals surface area contributed by atoms with E-state index in [1.54, 1.807) is 31.4 Å². The summed E-state index contributed by atoms with van der Waals surface area (Å²) in [4.78, 5) is 12.6. The molecule has 4 aromatic rings. The summed E-state index contributed by atoms with van der Waals surface area (Å²) in [6.45, 7) is 0.286. The molecule has 0 bridgehead atoms. The SMILES string of the molecule is CNc1cc(-c2nccc(NCCc3c(F)cc(Br)cc3F)n2)ccc1-c1noc(O)n1. The van der Waals surface area contributed by atoms with Crippen molar-refractivity contribution in [3.63, 3.8) is 0 Å². The largest absolute Gasteiger partial charge is 0.464 e. The number of hydrogen-bond acceptors (Lipinski definition) is 8. The third-order valence-electron chi connectivity index (χ3n) is 4.65. The summed E-state index contributed by atoms with van der Waals surface area (Å²) in [5.41, 5.74) is 2.05. The highest BCUT2D eigenvalue weighted by Gasteiger charge is 2.14. The van der Waals surface area contributed by atoms with Crippen LogP contribution in [0.3, 0.4) is 0 Å². The van der Waals surface area contributed by atoms with E-state index in [1.165, 1.54) is 12.1 Å². The zero-order chi connectivity index (χ0) is 22.7. The maximum Gasteiger partial charge on any atom is 0.415 e. The molecular weight excluding hydrogens is 486 g/mol. The predicted octanol–water partition coefficient (Wildman–Crippen LogP) is 4.64. The van der Waals surface area contributed by atoms with Gasteiger partial charge in [-0.1, -0.05) is 27.2 Å². The van der Waals surface area contributed by atoms with Gasteiger partial charge in [0.2, 0.25) is 5.82 Å². The second kappa shape index (κ2) is 9.27. The Morgan fingerprint density at radius 3 is 2.53 bits per heavy atom. The molecular formula is C21H17BrF2N6O2. The molecule has 0 aliphatic heterocycles. The second-order valence-electron chi connectivity index (χ2n) is 6.70. The highest BCUT2D eigenvalue weighted by Crippen LogP contribution is 2.30. The van der Waals surface area contributed by atoms with Gasteiger partial charge in [0.15, 0.2) is 5.82 Å². The molecule has 2 heterocycles. The van der Waals surface area contributed by atoms with Gasteiger partial charge in [0.25, 0.3) is 0 Å². The van der Waals surface area contributed by atoms with E-state index in [4.69, 9.17) is 0 Å². The maximum absolute atomic E-state index is 14.0. The Labute approximate surface area is 189 Å². The van der Waals surface area contributed by atoms with Crippen LogP contribution in [0, 0.1) is 11.6 Å². The van der Waals surface area contributed by atoms with Crippen LogP contribution in [-0.4, -0.2) is 38.8 Å². The van der Waals surface area contributed by atoms with E-state index in [-0.39, 0.29) is 24.4 Å². The molecule has 0 amide bonds. The van der Waals surface area contributed by atoms with Gasteiger partial charge in [-0.3, -0.25) is 4.52 Å². The average molecular weight is 503 g/mol. The number of nitrogens with one attached hydrogen (secondary N) is 2. The first-order chi connectivity index (χ1) is 15.4. The van der Waals surface area contributed by atoms with Gasteiger partial charge in [0, 0.05) is 46.6 Å². The van der Waals surface area contributed by atoms with E-state index in [0.29, 0.717) is 27.4 Å². The van der Waals surface area contributed by atoms with Crippen molar-refractivity contribution in [2.45, 2.75) is 6.42 Å². The molecule has 0 fully saturated rings. The molecule has 0 unspecified atom stereocenters. The van der Waals surface area contributed by atoms with Crippen LogP contribution < -0.4 is 10.6 Å². The zero-order valence-corrected chi connectivity index (χ0v) is 18.3. The normalized spacial score (nSPS) is 10.9. The van der Waals surface area contributed by atoms with Gasteiger partial charge < -0.3 is 15.7 Å². The Morgan fingerprint density at radius 1 is 1.06 bits per heavy atom. The van der Waals surface area contributed by atoms with Crippen LogP contribution in [0.1, 0.15) is 5.56 Å². The number of hydrogen-bond donors (Lipinski definition) is 3. The minimum atomic E-state index is -0.600. The maximum atomic E-state index is 14.0. The minimum Gasteiger partial charge on any atom is -0.464 e. The fourth-order valence-corrected chi connectivity index (χ4v) is 3.53. The first kappa shape index (κ1) is 21.6. The van der Waals surface area contributed by atoms with Crippen molar-refractivity contribution < 1.29 is 18.4 Å². The number of rotatable bonds is 7. The molecule has 32 heavy (non-hydrogen) atoms. The Hall–Kier alpha value is -3.60. The molecule has 4 rings (SSSR count). The molecule has 8 nitrogen and oxygen atoms in total. The molecule has 0 aliphatic carbocycles. The lowest BCUT2D eigenvalue weighted by molar-refractivity contribution is 0.267. The van der Waals surface area contributed by atoms with Crippen molar-refractivity contribution in [3.05, 3.63) is 64.3 Å². The minimum absolute atomic E-state index is 0.0109. The van der Waals surface area contributed by atoms with Crippen LogP contribution in [0.2, 0.25) is 0 Å². The van der Waals surface area contributed by atoms with Crippen molar-refractivity contribution in [1.82, 2.24) is 20.1 Å². The van der Waals surface area contributed by atoms with Gasteiger partial charge in [0.1, 0.15) is 17.5 Å². The van der Waals surface area contributed by atoms with Crippen molar-refractivity contribution in [3.8, 4) is 28.9 Å². The molecule has 11 heteroatoms. The van der Waals surface area contributed by atoms with E-state index in [0.717, 1.165) is 5.56 Å². The number of halogens is 3. The Bertz CT molecular complexity index is 1240. The van der Waals surface area contributed by atoms with Crippen molar-refractivity contribution in [1.29, 1.82) is 0 Å². The van der Waals surface area contributed by atoms with Gasteiger partial charge in [-0.15, -0.1) is 0 Å². The molecule has 0 radical (unpaired) electrons. The number of benzene rings is 2. The van der Waals surface area contributed by atoms with Crippen LogP contribution >= 0.6 is 15.9 Å². The number of aromatic hydroxyl groups is 1. The van der Waals surface area contributed by atoms with Gasteiger partial charge >= 0.3 is 6.08 Å². The molecule has 2 aromatic carbocycles. The summed E-state index contributed by atoms with van der Waals surface area (Å²) in [6, 6.07) is 9.51. The Kier molecular flexibility index (Phi) is 6.26. The van der Waals surface area contributed by atoms with E-state index in [1.807, 2.05) is 6.07 Å². The summed E-state index contributed by atoms with van der Waals surface area (Å²) >= 11 is 3.07. The highest BCUT2D eigenvalue weighted by atomic mass is 79.9. The quantitative estimate of drug-likeness (QED) is 0.335. The van der Waals surface area contributed by atoms with Crippen molar-refractivity contribution in [2.24, 2.45) is 0 Å². The van der Waals surface area contributed by atoms with Gasteiger partial charge in [-0.25, -0.2) is 18.7 Å². The van der Waals surface area contributed by atoms with Crippen LogP contribution in [-0.2, 0) is 6.42 Å². The summed E-state index contributed by atoms with van der Waals surface area (Å²) < 4.78 is 33.0. The van der Waals surface area contributed by atoms with Crippen LogP contribution in [0.15, 0.2) is 51.6 Å². The molecule has 0 atom stereocenters. The lowest BCUT2D eigenvalue weighted by atomic mass is 10.1. The van der Waals surface area contributed by atoms with E-state index in [2.05, 4.69) is 51.2 Å². The molecule has 2 aromatic heterocycles. The molecule has 0 aliphatic rings. The first-order valence-corrected chi connectivity index (χ1v) is 10.3. The van der Waals surface area contributed by atoms with Gasteiger partial charge in [-0.2, -0.15) is 4.98 Å². The van der Waals surface area contributed by atoms with Crippen LogP contribution in [0.5, 0.6) is 6.08 Å². The lowest BCUT2D eigenvalue weighted by Gasteiger charge is -2.10. The molecule has 3 N–H and O–H groups in total. The summed E-state index contributed by atoms with van der Waals surface area (Å²) in [5, 5.41) is 19.1. The number of aromatic nitrogens is 4. The van der Waals surface area contributed by atoms with Gasteiger partial charge in [-0.05, 0) is 36.8 Å². The summed E-state index contributed by atoms with van der Waals surface area (Å²) in [5.74, 6) is 0.0107. The van der Waals surface area contributed by atoms with Gasteiger partial charge in [0.05, 0.1) is 0 Å². The van der Waals surface area contributed by atoms with E-state index >= 15 is 0 Å². The van der Waals surface area contributed by atoms with Crippen molar-refractivity contribution >= 4 is 27.4 Å². The molecule has 0 saturated heterocycles. The van der Waals surface area contributed by atoms with Crippen LogP contribution in [0.25, 0.3) is 22.8 Å². The fourth-order valence-electron chi connectivity index (χ4n) is 3.13. The molecule has 0 spiro atoms. The second-order valence-corrected chi connectivity index (χ2v) is 7.62. The standard InChI is InChI=1S/C21H17BrF2N6O2/c1-25-17-8-11(2-3-14(17)20-29-21(31)32-30-20)19-27-7-5-18(28-19)26-6-4-13-15(23)9-12(22)10-16(13)24/h2-3,5,7-10,25H,4,6H2,1H3,(H,26,27,28)(H,29,30,31). The highest BCUT2D eigenvalue weighted by molar-refractivity contribution is 9.10. The van der Waals surface area contributed by atoms with E-state index in [9.17, 15) is 13.9 Å². The monoisotopic (exact) mass is 502 g/mol. The van der Waals surface area contributed by atoms with Crippen LogP contribution in [0.4, 0.5) is 20.3 Å². The number of anilines is 2. The Morgan fingerprint density at radius 2 is 1.84 bits per heavy atom. The lowest BCUT2D eigenvalue weighted by Crippen LogP contribution is -2.09. The zero-order valence-electron chi connectivity index (χ0n) is 16.7. The topological polar surface area (TPSA) is 109 Å². The summed E-state index contributed by atoms with van der Waals surface area (Å²) in [6.07, 6.45) is 1.23. The molecule has 164 valence electrons. The number of nitrogens with zero attached hydrogens (tertiary/aromatic N) is 4. The third kappa shape index (κ3) is 4.67. The Balaban J connectivity index is 1.50.